The second-order valence-corrected chi connectivity index (χ2v) is 12.0. The molecule has 0 bridgehead atoms. The number of carbonyl (C=O) groups is 1. The van der Waals surface area contributed by atoms with Gasteiger partial charge in [-0.05, 0) is 47.9 Å². The fraction of sp³-hybridized carbons (Fsp3) is 0.321. The number of piperazine rings is 1. The first-order valence-electron chi connectivity index (χ1n) is 12.2. The molecule has 1 fully saturated rings. The molecule has 1 amide bonds. The highest BCUT2D eigenvalue weighted by Gasteiger charge is 2.28. The molecule has 1 aliphatic heterocycles. The lowest BCUT2D eigenvalue weighted by molar-refractivity contribution is 0.0956. The van der Waals surface area contributed by atoms with Crippen molar-refractivity contribution in [2.75, 3.05) is 38.5 Å². The van der Waals surface area contributed by atoms with Crippen LogP contribution in [0.3, 0.4) is 0 Å². The smallest absolute Gasteiger partial charge is 0.251 e. The largest absolute Gasteiger partial charge is 0.351 e. The van der Waals surface area contributed by atoms with Crippen LogP contribution in [0.15, 0.2) is 83.8 Å². The number of benzene rings is 3. The van der Waals surface area contributed by atoms with Crippen LogP contribution in [0.2, 0.25) is 0 Å². The van der Waals surface area contributed by atoms with Gasteiger partial charge in [0.15, 0.2) is 0 Å². The molecular weight excluding hydrogens is 490 g/mol. The van der Waals surface area contributed by atoms with Crippen molar-refractivity contribution in [1.82, 2.24) is 14.5 Å². The zero-order valence-electron chi connectivity index (χ0n) is 20.6. The first kappa shape index (κ1) is 26.4. The van der Waals surface area contributed by atoms with Crippen molar-refractivity contribution in [2.24, 2.45) is 0 Å². The third kappa shape index (κ3) is 6.97. The summed E-state index contributed by atoms with van der Waals surface area (Å²) >= 11 is 1.82. The van der Waals surface area contributed by atoms with E-state index < -0.39 is 10.0 Å². The van der Waals surface area contributed by atoms with Gasteiger partial charge in [0.2, 0.25) is 10.0 Å². The zero-order chi connectivity index (χ0) is 25.4. The first-order chi connectivity index (χ1) is 17.4. The van der Waals surface area contributed by atoms with Gasteiger partial charge >= 0.3 is 0 Å². The monoisotopic (exact) mass is 523 g/mol. The Morgan fingerprint density at radius 3 is 2.25 bits per heavy atom. The average Bonchev–Trinajstić information content (AvgIpc) is 2.90. The van der Waals surface area contributed by atoms with Gasteiger partial charge in [0.05, 0.1) is 4.90 Å². The summed E-state index contributed by atoms with van der Waals surface area (Å²) in [4.78, 5) is 15.1. The number of amides is 1. The predicted octanol–water partition coefficient (Wildman–Crippen LogP) is 4.16. The Labute approximate surface area is 218 Å². The highest BCUT2D eigenvalue weighted by molar-refractivity contribution is 7.98. The number of rotatable bonds is 10. The van der Waals surface area contributed by atoms with Crippen molar-refractivity contribution < 1.29 is 13.2 Å². The number of hydrogen-bond donors (Lipinski definition) is 1. The quantitative estimate of drug-likeness (QED) is 0.404. The lowest BCUT2D eigenvalue weighted by Crippen LogP contribution is -2.48. The molecule has 0 saturated carbocycles. The van der Waals surface area contributed by atoms with Crippen LogP contribution in [0.4, 0.5) is 0 Å². The number of sulfonamides is 1. The molecule has 36 heavy (non-hydrogen) atoms. The molecule has 0 radical (unpaired) electrons. The summed E-state index contributed by atoms with van der Waals surface area (Å²) in [6.07, 6.45) is 0. The van der Waals surface area contributed by atoms with Crippen LogP contribution >= 0.6 is 11.8 Å². The van der Waals surface area contributed by atoms with Crippen molar-refractivity contribution in [3.8, 4) is 0 Å². The normalized spacial score (nSPS) is 15.0. The van der Waals surface area contributed by atoms with Gasteiger partial charge in [0.25, 0.3) is 5.91 Å². The van der Waals surface area contributed by atoms with Crippen molar-refractivity contribution in [3.63, 3.8) is 0 Å². The second kappa shape index (κ2) is 12.5. The van der Waals surface area contributed by atoms with Crippen LogP contribution in [0.1, 0.15) is 27.0 Å². The Bertz CT molecular complexity index is 1240. The Balaban J connectivity index is 1.18. The number of nitrogens with one attached hydrogen (secondary N) is 1. The van der Waals surface area contributed by atoms with E-state index in [-0.39, 0.29) is 5.91 Å². The van der Waals surface area contributed by atoms with Crippen LogP contribution in [0.5, 0.6) is 0 Å². The fourth-order valence-corrected chi connectivity index (χ4v) is 6.56. The Morgan fingerprint density at radius 2 is 1.56 bits per heavy atom. The Hall–Kier alpha value is -2.65. The van der Waals surface area contributed by atoms with Crippen LogP contribution in [0.25, 0.3) is 0 Å². The molecule has 8 heteroatoms. The minimum absolute atomic E-state index is 0.0576. The van der Waals surface area contributed by atoms with Gasteiger partial charge in [0, 0.05) is 56.3 Å². The summed E-state index contributed by atoms with van der Waals surface area (Å²) < 4.78 is 27.2. The molecule has 6 nitrogen and oxygen atoms in total. The molecule has 190 valence electrons. The minimum Gasteiger partial charge on any atom is -0.351 e. The van der Waals surface area contributed by atoms with E-state index in [1.165, 1.54) is 11.1 Å². The zero-order valence-corrected chi connectivity index (χ0v) is 22.2. The van der Waals surface area contributed by atoms with Crippen molar-refractivity contribution in [3.05, 3.63) is 101 Å². The summed E-state index contributed by atoms with van der Waals surface area (Å²) in [5.41, 5.74) is 4.40. The number of aryl methyl sites for hydroxylation is 1. The summed E-state index contributed by atoms with van der Waals surface area (Å²) in [7, 11) is -3.44. The molecule has 0 spiro atoms. The van der Waals surface area contributed by atoms with Crippen molar-refractivity contribution in [1.29, 1.82) is 0 Å². The van der Waals surface area contributed by atoms with E-state index in [1.807, 2.05) is 42.1 Å². The van der Waals surface area contributed by atoms with Gasteiger partial charge < -0.3 is 5.32 Å². The fourth-order valence-electron chi connectivity index (χ4n) is 4.18. The van der Waals surface area contributed by atoms with E-state index in [0.717, 1.165) is 23.6 Å². The Morgan fingerprint density at radius 1 is 0.889 bits per heavy atom. The lowest BCUT2D eigenvalue weighted by atomic mass is 10.1. The number of carbonyl (C=O) groups excluding carboxylic acids is 1. The summed E-state index contributed by atoms with van der Waals surface area (Å²) in [6, 6.07) is 24.7. The maximum absolute atomic E-state index is 12.8. The van der Waals surface area contributed by atoms with E-state index in [1.54, 1.807) is 28.6 Å². The molecule has 1 aliphatic rings. The van der Waals surface area contributed by atoms with E-state index in [4.69, 9.17) is 0 Å². The summed E-state index contributed by atoms with van der Waals surface area (Å²) in [5, 5.41) is 3.00. The second-order valence-electron chi connectivity index (χ2n) is 8.93. The van der Waals surface area contributed by atoms with Gasteiger partial charge in [-0.25, -0.2) is 8.42 Å². The van der Waals surface area contributed by atoms with E-state index in [0.29, 0.717) is 43.2 Å². The van der Waals surface area contributed by atoms with E-state index in [9.17, 15) is 13.2 Å². The topological polar surface area (TPSA) is 69.7 Å². The average molecular weight is 524 g/mol. The summed E-state index contributed by atoms with van der Waals surface area (Å²) in [6.45, 7) is 5.78. The predicted molar refractivity (Wildman–Crippen MR) is 147 cm³/mol. The third-order valence-corrected chi connectivity index (χ3v) is 9.31. The molecular formula is C28H33N3O3S2. The molecule has 0 aromatic heterocycles. The van der Waals surface area contributed by atoms with Gasteiger partial charge in [-0.15, -0.1) is 0 Å². The van der Waals surface area contributed by atoms with E-state index in [2.05, 4.69) is 41.4 Å². The molecule has 1 saturated heterocycles. The van der Waals surface area contributed by atoms with Crippen molar-refractivity contribution >= 4 is 27.7 Å². The highest BCUT2D eigenvalue weighted by atomic mass is 32.2. The van der Waals surface area contributed by atoms with Gasteiger partial charge in [0.1, 0.15) is 0 Å². The highest BCUT2D eigenvalue weighted by Crippen LogP contribution is 2.19. The minimum atomic E-state index is -3.44. The molecule has 3 aromatic carbocycles. The van der Waals surface area contributed by atoms with Gasteiger partial charge in [-0.2, -0.15) is 16.1 Å². The van der Waals surface area contributed by atoms with Crippen LogP contribution in [0, 0.1) is 6.92 Å². The Kier molecular flexibility index (Phi) is 9.20. The van der Waals surface area contributed by atoms with Crippen LogP contribution in [-0.2, 0) is 22.3 Å². The molecule has 1 N–H and O–H groups in total. The molecule has 0 aliphatic carbocycles. The maximum Gasteiger partial charge on any atom is 0.251 e. The van der Waals surface area contributed by atoms with E-state index >= 15 is 0 Å². The molecule has 0 atom stereocenters. The molecule has 0 unspecified atom stereocenters. The van der Waals surface area contributed by atoms with Gasteiger partial charge in [-0.1, -0.05) is 54.6 Å². The van der Waals surface area contributed by atoms with Crippen LogP contribution in [-0.4, -0.2) is 62.0 Å². The lowest BCUT2D eigenvalue weighted by Gasteiger charge is -2.34. The summed E-state index contributed by atoms with van der Waals surface area (Å²) in [5.74, 6) is 1.76. The number of nitrogens with zero attached hydrogens (tertiary/aromatic N) is 2. The molecule has 4 rings (SSSR count). The van der Waals surface area contributed by atoms with Crippen LogP contribution < -0.4 is 5.32 Å². The molecule has 3 aromatic rings. The van der Waals surface area contributed by atoms with Gasteiger partial charge in [-0.3, -0.25) is 9.69 Å². The maximum atomic E-state index is 12.8. The first-order valence-corrected chi connectivity index (χ1v) is 14.8. The SMILES string of the molecule is Cc1ccccc1CSCCNC(=O)c1ccc(CN2CCN(S(=O)(=O)c3ccccc3)CC2)cc1. The standard InChI is InChI=1S/C28H33N3O3S2/c1-23-7-5-6-8-26(23)22-35-20-15-29-28(32)25-13-11-24(12-14-25)21-30-16-18-31(19-17-30)36(33,34)27-9-3-2-4-10-27/h2-14H,15-22H2,1H3,(H,29,32). The number of thioether (sulfide) groups is 1. The third-order valence-electron chi connectivity index (χ3n) is 6.39. The van der Waals surface area contributed by atoms with Crippen molar-refractivity contribution in [2.45, 2.75) is 24.1 Å². The molecule has 1 heterocycles. The number of hydrogen-bond acceptors (Lipinski definition) is 5.